The Hall–Kier alpha value is -2.37. The van der Waals surface area contributed by atoms with Gasteiger partial charge in [-0.1, -0.05) is 24.3 Å². The van der Waals surface area contributed by atoms with Crippen LogP contribution in [-0.2, 0) is 21.5 Å². The predicted molar refractivity (Wildman–Crippen MR) is 94.1 cm³/mol. The molecule has 6 nitrogen and oxygen atoms in total. The van der Waals surface area contributed by atoms with Gasteiger partial charge < -0.3 is 10.6 Å². The molecule has 0 radical (unpaired) electrons. The topological polar surface area (TPSA) is 78.5 Å². The van der Waals surface area contributed by atoms with Gasteiger partial charge >= 0.3 is 6.03 Å². The van der Waals surface area contributed by atoms with E-state index in [4.69, 9.17) is 0 Å². The van der Waals surface area contributed by atoms with Crippen molar-refractivity contribution >= 4 is 17.8 Å². The molecule has 26 heavy (non-hydrogen) atoms. The van der Waals surface area contributed by atoms with Crippen LogP contribution in [0.2, 0.25) is 0 Å². The number of rotatable bonds is 5. The monoisotopic (exact) mass is 353 g/mol. The second-order valence-corrected chi connectivity index (χ2v) is 8.15. The van der Waals surface area contributed by atoms with Crippen LogP contribution in [0.25, 0.3) is 0 Å². The number of benzene rings is 1. The average molecular weight is 353 g/mol. The van der Waals surface area contributed by atoms with Crippen LogP contribution in [0.1, 0.15) is 43.2 Å². The summed E-state index contributed by atoms with van der Waals surface area (Å²) in [7, 11) is 0. The van der Waals surface area contributed by atoms with E-state index < -0.39 is 11.6 Å². The fraction of sp³-hybridized carbons (Fsp3) is 0.550. The summed E-state index contributed by atoms with van der Waals surface area (Å²) in [6.07, 6.45) is 6.00. The third kappa shape index (κ3) is 2.42. The molecular weight excluding hydrogens is 330 g/mol. The molecule has 4 amide bonds. The summed E-state index contributed by atoms with van der Waals surface area (Å²) < 4.78 is 0. The van der Waals surface area contributed by atoms with E-state index in [2.05, 4.69) is 10.6 Å². The van der Waals surface area contributed by atoms with Crippen LogP contribution in [0.4, 0.5) is 4.79 Å². The number of fused-ring (bicyclic) bond motifs is 2. The largest absolute Gasteiger partial charge is 0.351 e. The van der Waals surface area contributed by atoms with E-state index in [1.54, 1.807) is 0 Å². The normalized spacial score (nSPS) is 27.2. The summed E-state index contributed by atoms with van der Waals surface area (Å²) >= 11 is 0. The standard InChI is InChI=1S/C20H23N3O3/c24-16(21-17(13-5-6-13)14-7-8-14)11-23-18(25)20(22-19(23)26)10-9-12-3-1-2-4-15(12)20/h1-4,13-14,17H,5-11H2,(H,21,24)(H,22,26). The van der Waals surface area contributed by atoms with E-state index in [-0.39, 0.29) is 24.4 Å². The fourth-order valence-corrected chi connectivity index (χ4v) is 4.64. The summed E-state index contributed by atoms with van der Waals surface area (Å²) in [6.45, 7) is -0.190. The van der Waals surface area contributed by atoms with Crippen molar-refractivity contribution in [3.8, 4) is 0 Å². The number of urea groups is 1. The van der Waals surface area contributed by atoms with Crippen molar-refractivity contribution in [2.45, 2.75) is 50.1 Å². The number of nitrogens with zero attached hydrogens (tertiary/aromatic N) is 1. The Kier molecular flexibility index (Phi) is 3.39. The van der Waals surface area contributed by atoms with Gasteiger partial charge in [-0.15, -0.1) is 0 Å². The highest BCUT2D eigenvalue weighted by Crippen LogP contribution is 2.44. The molecule has 0 aromatic heterocycles. The number of amides is 4. The van der Waals surface area contributed by atoms with Crippen LogP contribution in [0, 0.1) is 11.8 Å². The SMILES string of the molecule is O=C(CN1C(=O)NC2(CCc3ccccc32)C1=O)NC(C1CC1)C1CC1. The van der Waals surface area contributed by atoms with Crippen LogP contribution < -0.4 is 10.6 Å². The first-order valence-corrected chi connectivity index (χ1v) is 9.60. The van der Waals surface area contributed by atoms with Gasteiger partial charge in [-0.25, -0.2) is 4.79 Å². The Balaban J connectivity index is 1.32. The molecule has 3 fully saturated rings. The van der Waals surface area contributed by atoms with Gasteiger partial charge in [0.15, 0.2) is 0 Å². The van der Waals surface area contributed by atoms with Gasteiger partial charge in [0, 0.05) is 6.04 Å². The molecule has 1 aliphatic heterocycles. The number of nitrogens with one attached hydrogen (secondary N) is 2. The number of aryl methyl sites for hydroxylation is 1. The van der Waals surface area contributed by atoms with Crippen molar-refractivity contribution in [3.63, 3.8) is 0 Å². The summed E-state index contributed by atoms with van der Waals surface area (Å²) in [5.41, 5.74) is 0.977. The predicted octanol–water partition coefficient (Wildman–Crippen LogP) is 1.68. The lowest BCUT2D eigenvalue weighted by molar-refractivity contribution is -0.135. The van der Waals surface area contributed by atoms with E-state index in [1.807, 2.05) is 24.3 Å². The maximum Gasteiger partial charge on any atom is 0.325 e. The third-order valence-electron chi connectivity index (χ3n) is 6.31. The molecule has 136 valence electrons. The number of carbonyl (C=O) groups is 3. The van der Waals surface area contributed by atoms with Gasteiger partial charge in [-0.05, 0) is 61.5 Å². The maximum atomic E-state index is 13.1. The molecule has 5 rings (SSSR count). The first-order valence-electron chi connectivity index (χ1n) is 9.60. The van der Waals surface area contributed by atoms with Gasteiger partial charge in [-0.3, -0.25) is 14.5 Å². The highest BCUT2D eigenvalue weighted by Gasteiger charge is 2.55. The highest BCUT2D eigenvalue weighted by atomic mass is 16.2. The summed E-state index contributed by atoms with van der Waals surface area (Å²) in [6, 6.07) is 7.49. The van der Waals surface area contributed by atoms with Crippen molar-refractivity contribution in [1.82, 2.24) is 15.5 Å². The maximum absolute atomic E-state index is 13.1. The zero-order chi connectivity index (χ0) is 17.9. The van der Waals surface area contributed by atoms with Crippen molar-refractivity contribution in [2.75, 3.05) is 6.54 Å². The zero-order valence-corrected chi connectivity index (χ0v) is 14.7. The second kappa shape index (κ2) is 5.56. The fourth-order valence-electron chi connectivity index (χ4n) is 4.64. The molecule has 1 unspecified atom stereocenters. The summed E-state index contributed by atoms with van der Waals surface area (Å²) in [5, 5.41) is 5.97. The van der Waals surface area contributed by atoms with Crippen LogP contribution >= 0.6 is 0 Å². The molecule has 1 spiro atoms. The van der Waals surface area contributed by atoms with Crippen molar-refractivity contribution in [1.29, 1.82) is 0 Å². The molecule has 1 aromatic rings. The molecule has 1 atom stereocenters. The molecule has 4 aliphatic rings. The second-order valence-electron chi connectivity index (χ2n) is 8.15. The molecular formula is C20H23N3O3. The highest BCUT2D eigenvalue weighted by molar-refractivity contribution is 6.09. The molecule has 6 heteroatoms. The Bertz CT molecular complexity index is 787. The Morgan fingerprint density at radius 3 is 2.58 bits per heavy atom. The van der Waals surface area contributed by atoms with Crippen molar-refractivity contribution in [3.05, 3.63) is 35.4 Å². The molecule has 0 bridgehead atoms. The Morgan fingerprint density at radius 2 is 1.88 bits per heavy atom. The van der Waals surface area contributed by atoms with E-state index in [0.29, 0.717) is 18.3 Å². The molecule has 2 saturated carbocycles. The number of hydrogen-bond donors (Lipinski definition) is 2. The van der Waals surface area contributed by atoms with Gasteiger partial charge in [0.1, 0.15) is 12.1 Å². The summed E-state index contributed by atoms with van der Waals surface area (Å²) in [5.74, 6) is 0.655. The lowest BCUT2D eigenvalue weighted by atomic mass is 9.92. The van der Waals surface area contributed by atoms with Crippen LogP contribution in [0.15, 0.2) is 24.3 Å². The average Bonchev–Trinajstić information content (AvgIpc) is 3.55. The number of hydrogen-bond acceptors (Lipinski definition) is 3. The minimum Gasteiger partial charge on any atom is -0.351 e. The molecule has 1 heterocycles. The number of carbonyl (C=O) groups excluding carboxylic acids is 3. The van der Waals surface area contributed by atoms with Crippen molar-refractivity contribution in [2.24, 2.45) is 11.8 Å². The summed E-state index contributed by atoms with van der Waals surface area (Å²) in [4.78, 5) is 39.2. The van der Waals surface area contributed by atoms with Gasteiger partial charge in [0.05, 0.1) is 0 Å². The molecule has 2 N–H and O–H groups in total. The minimum absolute atomic E-state index is 0.190. The third-order valence-corrected chi connectivity index (χ3v) is 6.31. The van der Waals surface area contributed by atoms with Gasteiger partial charge in [-0.2, -0.15) is 0 Å². The zero-order valence-electron chi connectivity index (χ0n) is 14.7. The van der Waals surface area contributed by atoms with E-state index in [9.17, 15) is 14.4 Å². The smallest absolute Gasteiger partial charge is 0.325 e. The van der Waals surface area contributed by atoms with Crippen LogP contribution in [-0.4, -0.2) is 35.3 Å². The minimum atomic E-state index is -0.986. The quantitative estimate of drug-likeness (QED) is 0.791. The van der Waals surface area contributed by atoms with Crippen LogP contribution in [0.5, 0.6) is 0 Å². The van der Waals surface area contributed by atoms with Gasteiger partial charge in [0.25, 0.3) is 5.91 Å². The first-order chi connectivity index (χ1) is 12.6. The molecule has 1 aromatic carbocycles. The first kappa shape index (κ1) is 15.9. The van der Waals surface area contributed by atoms with Crippen LogP contribution in [0.3, 0.4) is 0 Å². The molecule has 3 aliphatic carbocycles. The van der Waals surface area contributed by atoms with E-state index in [0.717, 1.165) is 22.4 Å². The molecule has 1 saturated heterocycles. The van der Waals surface area contributed by atoms with E-state index in [1.165, 1.54) is 25.7 Å². The number of imide groups is 1. The Morgan fingerprint density at radius 1 is 1.19 bits per heavy atom. The Labute approximate surface area is 152 Å². The van der Waals surface area contributed by atoms with Crippen molar-refractivity contribution < 1.29 is 14.4 Å². The lowest BCUT2D eigenvalue weighted by Gasteiger charge is -2.23. The lowest BCUT2D eigenvalue weighted by Crippen LogP contribution is -2.46. The van der Waals surface area contributed by atoms with E-state index >= 15 is 0 Å². The van der Waals surface area contributed by atoms with Gasteiger partial charge in [0.2, 0.25) is 5.91 Å².